The Labute approximate surface area is 116 Å². The van der Waals surface area contributed by atoms with Crippen LogP contribution in [0.15, 0.2) is 27.4 Å². The minimum atomic E-state index is -0.356. The molecule has 2 aromatic rings. The van der Waals surface area contributed by atoms with E-state index in [0.29, 0.717) is 23.2 Å². The monoisotopic (exact) mass is 272 g/mol. The Kier molecular flexibility index (Phi) is 3.54. The van der Waals surface area contributed by atoms with Crippen LogP contribution in [0.25, 0.3) is 11.1 Å². The van der Waals surface area contributed by atoms with Crippen LogP contribution >= 0.6 is 0 Å². The first-order valence-corrected chi connectivity index (χ1v) is 6.74. The van der Waals surface area contributed by atoms with Gasteiger partial charge in [-0.25, -0.2) is 4.79 Å². The van der Waals surface area contributed by atoms with Crippen LogP contribution in [-0.4, -0.2) is 42.2 Å². The summed E-state index contributed by atoms with van der Waals surface area (Å²) in [6.07, 6.45) is 0. The molecule has 104 valence electrons. The SMILES string of the molecule is N#Cc1ccc2oc(=O)n(CCN3CCNCC3)c2c1. The topological polar surface area (TPSA) is 74.2 Å². The lowest BCUT2D eigenvalue weighted by Crippen LogP contribution is -2.44. The molecule has 2 heterocycles. The second-order valence-electron chi connectivity index (χ2n) is 4.91. The maximum absolute atomic E-state index is 11.9. The summed E-state index contributed by atoms with van der Waals surface area (Å²) in [4.78, 5) is 14.2. The molecule has 6 nitrogen and oxygen atoms in total. The van der Waals surface area contributed by atoms with Crippen LogP contribution in [0.2, 0.25) is 0 Å². The zero-order valence-corrected chi connectivity index (χ0v) is 11.1. The van der Waals surface area contributed by atoms with Gasteiger partial charge in [-0.1, -0.05) is 0 Å². The molecular formula is C14H16N4O2. The van der Waals surface area contributed by atoms with Gasteiger partial charge in [0.05, 0.1) is 17.1 Å². The van der Waals surface area contributed by atoms with Crippen LogP contribution in [-0.2, 0) is 6.54 Å². The van der Waals surface area contributed by atoms with Crippen LogP contribution in [0.5, 0.6) is 0 Å². The number of rotatable bonds is 3. The van der Waals surface area contributed by atoms with E-state index >= 15 is 0 Å². The Morgan fingerprint density at radius 1 is 1.30 bits per heavy atom. The van der Waals surface area contributed by atoms with Crippen LogP contribution in [0.3, 0.4) is 0 Å². The number of oxazole rings is 1. The summed E-state index contributed by atoms with van der Waals surface area (Å²) in [5.41, 5.74) is 1.77. The first kappa shape index (κ1) is 12.9. The van der Waals surface area contributed by atoms with Gasteiger partial charge in [0, 0.05) is 39.3 Å². The maximum atomic E-state index is 11.9. The van der Waals surface area contributed by atoms with Crippen LogP contribution in [0.1, 0.15) is 5.56 Å². The van der Waals surface area contributed by atoms with E-state index in [9.17, 15) is 4.79 Å². The fraction of sp³-hybridized carbons (Fsp3) is 0.429. The van der Waals surface area contributed by atoms with Crippen LogP contribution < -0.4 is 11.1 Å². The third kappa shape index (κ3) is 2.46. The van der Waals surface area contributed by atoms with Crippen molar-refractivity contribution in [1.82, 2.24) is 14.8 Å². The zero-order valence-electron chi connectivity index (χ0n) is 11.1. The summed E-state index contributed by atoms with van der Waals surface area (Å²) < 4.78 is 6.81. The predicted octanol–water partition coefficient (Wildman–Crippen LogP) is 0.371. The van der Waals surface area contributed by atoms with E-state index in [-0.39, 0.29) is 5.76 Å². The van der Waals surface area contributed by atoms with Gasteiger partial charge in [-0.3, -0.25) is 9.47 Å². The molecule has 0 spiro atoms. The van der Waals surface area contributed by atoms with Gasteiger partial charge in [0.2, 0.25) is 0 Å². The molecule has 20 heavy (non-hydrogen) atoms. The molecule has 0 unspecified atom stereocenters. The fourth-order valence-electron chi connectivity index (χ4n) is 2.52. The summed E-state index contributed by atoms with van der Waals surface area (Å²) in [6.45, 7) is 5.36. The van der Waals surface area contributed by atoms with Gasteiger partial charge in [-0.15, -0.1) is 0 Å². The van der Waals surface area contributed by atoms with E-state index in [4.69, 9.17) is 9.68 Å². The van der Waals surface area contributed by atoms with Crippen molar-refractivity contribution in [3.8, 4) is 6.07 Å². The lowest BCUT2D eigenvalue weighted by atomic mass is 10.2. The van der Waals surface area contributed by atoms with Crippen molar-refractivity contribution < 1.29 is 4.42 Å². The number of aromatic nitrogens is 1. The highest BCUT2D eigenvalue weighted by atomic mass is 16.4. The van der Waals surface area contributed by atoms with E-state index in [1.807, 2.05) is 0 Å². The lowest BCUT2D eigenvalue weighted by Gasteiger charge is -2.26. The number of nitrogens with zero attached hydrogens (tertiary/aromatic N) is 3. The van der Waals surface area contributed by atoms with Crippen LogP contribution in [0, 0.1) is 11.3 Å². The molecule has 0 saturated carbocycles. The van der Waals surface area contributed by atoms with E-state index < -0.39 is 0 Å². The van der Waals surface area contributed by atoms with Crippen molar-refractivity contribution in [2.24, 2.45) is 0 Å². The molecule has 1 aromatic heterocycles. The van der Waals surface area contributed by atoms with Gasteiger partial charge in [0.25, 0.3) is 0 Å². The van der Waals surface area contributed by atoms with Gasteiger partial charge in [-0.05, 0) is 18.2 Å². The standard InChI is InChI=1S/C14H16N4O2/c15-10-11-1-2-13-12(9-11)18(14(19)20-13)8-7-17-5-3-16-4-6-17/h1-2,9,16H,3-8H2. The molecule has 1 aliphatic heterocycles. The van der Waals surface area contributed by atoms with Crippen LogP contribution in [0.4, 0.5) is 0 Å². The highest BCUT2D eigenvalue weighted by Crippen LogP contribution is 2.14. The zero-order chi connectivity index (χ0) is 13.9. The number of hydrogen-bond donors (Lipinski definition) is 1. The average molecular weight is 272 g/mol. The largest absolute Gasteiger partial charge is 0.419 e. The molecule has 0 amide bonds. The predicted molar refractivity (Wildman–Crippen MR) is 74.5 cm³/mol. The first-order valence-electron chi connectivity index (χ1n) is 6.74. The Bertz CT molecular complexity index is 704. The van der Waals surface area contributed by atoms with E-state index in [1.54, 1.807) is 22.8 Å². The quantitative estimate of drug-likeness (QED) is 0.874. The van der Waals surface area contributed by atoms with Crippen molar-refractivity contribution in [3.05, 3.63) is 34.3 Å². The normalized spacial score (nSPS) is 16.4. The molecule has 1 fully saturated rings. The van der Waals surface area contributed by atoms with Crippen molar-refractivity contribution in [2.75, 3.05) is 32.7 Å². The van der Waals surface area contributed by atoms with Gasteiger partial charge in [-0.2, -0.15) is 5.26 Å². The Hall–Kier alpha value is -2.10. The molecule has 0 aliphatic carbocycles. The lowest BCUT2D eigenvalue weighted by molar-refractivity contribution is 0.231. The molecule has 0 radical (unpaired) electrons. The minimum absolute atomic E-state index is 0.356. The molecule has 1 N–H and O–H groups in total. The van der Waals surface area contributed by atoms with E-state index in [0.717, 1.165) is 32.7 Å². The fourth-order valence-corrected chi connectivity index (χ4v) is 2.52. The summed E-state index contributed by atoms with van der Waals surface area (Å²) in [5, 5.41) is 12.2. The van der Waals surface area contributed by atoms with Crippen molar-refractivity contribution >= 4 is 11.1 Å². The number of nitrogens with one attached hydrogen (secondary N) is 1. The Morgan fingerprint density at radius 2 is 2.10 bits per heavy atom. The van der Waals surface area contributed by atoms with Crippen molar-refractivity contribution in [3.63, 3.8) is 0 Å². The number of fused-ring (bicyclic) bond motifs is 1. The molecule has 6 heteroatoms. The minimum Gasteiger partial charge on any atom is -0.408 e. The highest BCUT2D eigenvalue weighted by Gasteiger charge is 2.13. The first-order chi connectivity index (χ1) is 9.78. The third-order valence-corrected chi connectivity index (χ3v) is 3.65. The number of benzene rings is 1. The summed E-state index contributed by atoms with van der Waals surface area (Å²) in [6, 6.07) is 7.13. The molecule has 0 atom stereocenters. The van der Waals surface area contributed by atoms with Gasteiger partial charge in [0.15, 0.2) is 5.58 Å². The summed E-state index contributed by atoms with van der Waals surface area (Å²) in [7, 11) is 0. The molecule has 1 aromatic carbocycles. The average Bonchev–Trinajstić information content (AvgIpc) is 2.80. The molecule has 3 rings (SSSR count). The van der Waals surface area contributed by atoms with Gasteiger partial charge < -0.3 is 9.73 Å². The Morgan fingerprint density at radius 3 is 2.85 bits per heavy atom. The van der Waals surface area contributed by atoms with Crippen molar-refractivity contribution in [1.29, 1.82) is 5.26 Å². The second-order valence-corrected chi connectivity index (χ2v) is 4.91. The summed E-state index contributed by atoms with van der Waals surface area (Å²) >= 11 is 0. The third-order valence-electron chi connectivity index (χ3n) is 3.65. The smallest absolute Gasteiger partial charge is 0.408 e. The second kappa shape index (κ2) is 5.49. The van der Waals surface area contributed by atoms with Gasteiger partial charge in [0.1, 0.15) is 0 Å². The van der Waals surface area contributed by atoms with E-state index in [2.05, 4.69) is 16.3 Å². The maximum Gasteiger partial charge on any atom is 0.419 e. The highest BCUT2D eigenvalue weighted by molar-refractivity contribution is 5.74. The number of hydrogen-bond acceptors (Lipinski definition) is 5. The molecule has 1 saturated heterocycles. The Balaban J connectivity index is 1.84. The molecule has 1 aliphatic rings. The number of piperazine rings is 1. The molecular weight excluding hydrogens is 256 g/mol. The van der Waals surface area contributed by atoms with E-state index in [1.165, 1.54) is 0 Å². The van der Waals surface area contributed by atoms with Gasteiger partial charge >= 0.3 is 5.76 Å². The summed E-state index contributed by atoms with van der Waals surface area (Å²) in [5.74, 6) is -0.356. The number of nitriles is 1. The van der Waals surface area contributed by atoms with Crippen molar-refractivity contribution in [2.45, 2.75) is 6.54 Å². The molecule has 0 bridgehead atoms.